The Balaban J connectivity index is 2.72. The third kappa shape index (κ3) is 3.51. The summed E-state index contributed by atoms with van der Waals surface area (Å²) in [5, 5.41) is 1.26. The highest BCUT2D eigenvalue weighted by Gasteiger charge is 2.00. The second-order valence-corrected chi connectivity index (χ2v) is 4.48. The van der Waals surface area contributed by atoms with E-state index in [9.17, 15) is 0 Å². The fourth-order valence-electron chi connectivity index (χ4n) is 0.807. The molecule has 0 aliphatic heterocycles. The Kier molecular flexibility index (Phi) is 3.97. The minimum Gasteiger partial charge on any atom is -0.398 e. The molecule has 70 valence electrons. The van der Waals surface area contributed by atoms with Gasteiger partial charge < -0.3 is 5.73 Å². The Morgan fingerprint density at radius 3 is 2.77 bits per heavy atom. The molecular weight excluding hydrogens is 225 g/mol. The zero-order valence-electron chi connectivity index (χ0n) is 6.89. The van der Waals surface area contributed by atoms with E-state index in [2.05, 4.69) is 6.58 Å². The van der Waals surface area contributed by atoms with E-state index in [1.54, 1.807) is 23.9 Å². The molecule has 0 aromatic heterocycles. The fraction of sp³-hybridized carbons (Fsp3) is 0.111. The number of hydrogen-bond donors (Lipinski definition) is 1. The quantitative estimate of drug-likeness (QED) is 0.636. The Bertz CT molecular complexity index is 325. The van der Waals surface area contributed by atoms with Crippen LogP contribution in [0.1, 0.15) is 0 Å². The van der Waals surface area contributed by atoms with Gasteiger partial charge in [0, 0.05) is 26.4 Å². The van der Waals surface area contributed by atoms with Gasteiger partial charge in [0.1, 0.15) is 0 Å². The number of thioether (sulfide) groups is 1. The maximum atomic E-state index is 5.75. The Morgan fingerprint density at radius 1 is 1.54 bits per heavy atom. The smallest absolute Gasteiger partial charge is 0.0467 e. The summed E-state index contributed by atoms with van der Waals surface area (Å²) >= 11 is 12.9. The highest BCUT2D eigenvalue weighted by molar-refractivity contribution is 7.99. The van der Waals surface area contributed by atoms with E-state index in [0.29, 0.717) is 21.5 Å². The van der Waals surface area contributed by atoms with Crippen LogP contribution in [0.5, 0.6) is 0 Å². The predicted octanol–water partition coefficient (Wildman–Crippen LogP) is 3.77. The van der Waals surface area contributed by atoms with E-state index >= 15 is 0 Å². The van der Waals surface area contributed by atoms with Gasteiger partial charge in [-0.05, 0) is 18.2 Å². The van der Waals surface area contributed by atoms with Gasteiger partial charge in [-0.1, -0.05) is 29.8 Å². The molecule has 0 radical (unpaired) electrons. The van der Waals surface area contributed by atoms with Crippen molar-refractivity contribution in [2.75, 3.05) is 11.5 Å². The van der Waals surface area contributed by atoms with E-state index in [1.807, 2.05) is 6.07 Å². The molecule has 0 aliphatic rings. The number of anilines is 1. The van der Waals surface area contributed by atoms with Gasteiger partial charge in [0.05, 0.1) is 0 Å². The molecule has 0 saturated carbocycles. The van der Waals surface area contributed by atoms with Crippen LogP contribution in [0.4, 0.5) is 5.69 Å². The molecule has 0 bridgehead atoms. The molecule has 13 heavy (non-hydrogen) atoms. The number of nitrogens with two attached hydrogens (primary N) is 1. The first-order valence-corrected chi connectivity index (χ1v) is 5.35. The lowest BCUT2D eigenvalue weighted by Crippen LogP contribution is -1.88. The highest BCUT2D eigenvalue weighted by atomic mass is 35.5. The zero-order chi connectivity index (χ0) is 9.84. The lowest BCUT2D eigenvalue weighted by atomic mass is 10.3. The van der Waals surface area contributed by atoms with E-state index < -0.39 is 0 Å². The number of benzene rings is 1. The molecule has 0 heterocycles. The molecule has 1 nitrogen and oxygen atoms in total. The van der Waals surface area contributed by atoms with Gasteiger partial charge in [0.25, 0.3) is 0 Å². The van der Waals surface area contributed by atoms with Crippen LogP contribution in [-0.2, 0) is 0 Å². The molecule has 2 N–H and O–H groups in total. The van der Waals surface area contributed by atoms with Crippen molar-refractivity contribution in [3.8, 4) is 0 Å². The number of nitrogen functional groups attached to an aromatic ring is 1. The van der Waals surface area contributed by atoms with Gasteiger partial charge in [-0.15, -0.1) is 11.8 Å². The van der Waals surface area contributed by atoms with Crippen molar-refractivity contribution in [1.29, 1.82) is 0 Å². The standard InChI is InChI=1S/C9H9Cl2NS/c1-6(10)5-13-9-3-2-7(11)4-8(9)12/h2-4H,1,5,12H2. The van der Waals surface area contributed by atoms with Crippen molar-refractivity contribution in [2.45, 2.75) is 4.90 Å². The third-order valence-corrected chi connectivity index (χ3v) is 3.06. The van der Waals surface area contributed by atoms with Crippen molar-refractivity contribution in [2.24, 2.45) is 0 Å². The topological polar surface area (TPSA) is 26.0 Å². The Hall–Kier alpha value is -0.310. The van der Waals surface area contributed by atoms with Crippen LogP contribution in [0.2, 0.25) is 5.02 Å². The zero-order valence-corrected chi connectivity index (χ0v) is 9.22. The van der Waals surface area contributed by atoms with Crippen LogP contribution in [0.15, 0.2) is 34.7 Å². The lowest BCUT2D eigenvalue weighted by molar-refractivity contribution is 1.46. The maximum Gasteiger partial charge on any atom is 0.0467 e. The molecule has 0 aliphatic carbocycles. The van der Waals surface area contributed by atoms with Crippen LogP contribution >= 0.6 is 35.0 Å². The summed E-state index contributed by atoms with van der Waals surface area (Å²) in [6.07, 6.45) is 0. The van der Waals surface area contributed by atoms with Crippen molar-refractivity contribution < 1.29 is 0 Å². The van der Waals surface area contributed by atoms with Crippen molar-refractivity contribution >= 4 is 40.7 Å². The van der Waals surface area contributed by atoms with Crippen molar-refractivity contribution in [3.05, 3.63) is 34.8 Å². The minimum atomic E-state index is 0.611. The van der Waals surface area contributed by atoms with Gasteiger partial charge >= 0.3 is 0 Å². The number of rotatable bonds is 3. The summed E-state index contributed by atoms with van der Waals surface area (Å²) in [5.41, 5.74) is 6.41. The average molecular weight is 234 g/mol. The molecule has 0 atom stereocenters. The molecule has 0 amide bonds. The SMILES string of the molecule is C=C(Cl)CSc1ccc(Cl)cc1N. The van der Waals surface area contributed by atoms with Gasteiger partial charge in [0.15, 0.2) is 0 Å². The van der Waals surface area contributed by atoms with E-state index in [0.717, 1.165) is 4.90 Å². The number of halogens is 2. The molecule has 1 aromatic rings. The molecule has 0 saturated heterocycles. The van der Waals surface area contributed by atoms with Crippen LogP contribution in [-0.4, -0.2) is 5.75 Å². The Morgan fingerprint density at radius 2 is 2.23 bits per heavy atom. The first-order chi connectivity index (χ1) is 6.09. The molecule has 1 aromatic carbocycles. The highest BCUT2D eigenvalue weighted by Crippen LogP contribution is 2.29. The lowest BCUT2D eigenvalue weighted by Gasteiger charge is -2.04. The molecule has 0 unspecified atom stereocenters. The second-order valence-electron chi connectivity index (χ2n) is 2.49. The maximum absolute atomic E-state index is 5.75. The largest absolute Gasteiger partial charge is 0.398 e. The second kappa shape index (κ2) is 4.80. The van der Waals surface area contributed by atoms with Gasteiger partial charge in [-0.2, -0.15) is 0 Å². The van der Waals surface area contributed by atoms with E-state index in [4.69, 9.17) is 28.9 Å². The van der Waals surface area contributed by atoms with Crippen LogP contribution < -0.4 is 5.73 Å². The summed E-state index contributed by atoms with van der Waals surface area (Å²) in [6, 6.07) is 5.40. The molecule has 1 rings (SSSR count). The summed E-state index contributed by atoms with van der Waals surface area (Å²) in [4.78, 5) is 0.978. The molecular formula is C9H9Cl2NS. The van der Waals surface area contributed by atoms with E-state index in [1.165, 1.54) is 0 Å². The molecule has 0 fully saturated rings. The normalized spacial score (nSPS) is 10.0. The summed E-state index contributed by atoms with van der Waals surface area (Å²) < 4.78 is 0. The van der Waals surface area contributed by atoms with Crippen LogP contribution in [0.3, 0.4) is 0 Å². The summed E-state index contributed by atoms with van der Waals surface area (Å²) in [6.45, 7) is 3.60. The van der Waals surface area contributed by atoms with Gasteiger partial charge in [-0.3, -0.25) is 0 Å². The molecule has 0 spiro atoms. The Labute approximate surface area is 91.9 Å². The van der Waals surface area contributed by atoms with Gasteiger partial charge in [0.2, 0.25) is 0 Å². The first kappa shape index (κ1) is 10.8. The van der Waals surface area contributed by atoms with Crippen molar-refractivity contribution in [3.63, 3.8) is 0 Å². The predicted molar refractivity (Wildman–Crippen MR) is 61.6 cm³/mol. The first-order valence-electron chi connectivity index (χ1n) is 3.60. The summed E-state index contributed by atoms with van der Waals surface area (Å²) in [5.74, 6) is 0.660. The monoisotopic (exact) mass is 233 g/mol. The van der Waals surface area contributed by atoms with E-state index in [-0.39, 0.29) is 0 Å². The molecule has 4 heteroatoms. The third-order valence-electron chi connectivity index (χ3n) is 1.36. The fourth-order valence-corrected chi connectivity index (χ4v) is 1.85. The summed E-state index contributed by atoms with van der Waals surface area (Å²) in [7, 11) is 0. The number of hydrogen-bond acceptors (Lipinski definition) is 2. The average Bonchev–Trinajstić information content (AvgIpc) is 2.02. The van der Waals surface area contributed by atoms with Crippen LogP contribution in [0.25, 0.3) is 0 Å². The van der Waals surface area contributed by atoms with Gasteiger partial charge in [-0.25, -0.2) is 0 Å². The van der Waals surface area contributed by atoms with Crippen LogP contribution in [0, 0.1) is 0 Å². The van der Waals surface area contributed by atoms with Crippen molar-refractivity contribution in [1.82, 2.24) is 0 Å². The minimum absolute atomic E-state index is 0.611.